The Morgan fingerprint density at radius 2 is 1.79 bits per heavy atom. The molecule has 0 spiro atoms. The monoisotopic (exact) mass is 584 g/mol. The lowest BCUT2D eigenvalue weighted by molar-refractivity contribution is -0.143. The number of carbonyl (C=O) groups is 1. The maximum Gasteiger partial charge on any atom is 0.338 e. The first-order valence-corrected chi connectivity index (χ1v) is 14.7. The molecule has 0 aliphatic carbocycles. The highest BCUT2D eigenvalue weighted by atomic mass is 32.1. The van der Waals surface area contributed by atoms with Crippen LogP contribution in [0, 0.1) is 13.8 Å². The van der Waals surface area contributed by atoms with Crippen molar-refractivity contribution in [2.75, 3.05) is 26.1 Å². The second-order valence-corrected chi connectivity index (χ2v) is 11.9. The number of carbonyl (C=O) groups excluding carboxylic acids is 1. The second-order valence-electron chi connectivity index (χ2n) is 10.9. The van der Waals surface area contributed by atoms with Crippen LogP contribution in [0.4, 0.5) is 5.69 Å². The van der Waals surface area contributed by atoms with Crippen LogP contribution in [-0.2, 0) is 9.53 Å². The number of allylic oxidation sites excluding steroid dienone is 1. The van der Waals surface area contributed by atoms with E-state index in [9.17, 15) is 9.59 Å². The Hall–Kier alpha value is -4.37. The van der Waals surface area contributed by atoms with Gasteiger partial charge in [-0.15, -0.1) is 0 Å². The maximum absolute atomic E-state index is 14.1. The van der Waals surface area contributed by atoms with Crippen LogP contribution in [0.25, 0.3) is 11.8 Å². The molecule has 0 unspecified atom stereocenters. The van der Waals surface area contributed by atoms with Crippen molar-refractivity contribution in [1.82, 2.24) is 9.13 Å². The summed E-state index contributed by atoms with van der Waals surface area (Å²) >= 11 is 1.32. The van der Waals surface area contributed by atoms with Gasteiger partial charge >= 0.3 is 5.97 Å². The number of aromatic nitrogens is 2. The van der Waals surface area contributed by atoms with Gasteiger partial charge in [-0.05, 0) is 94.3 Å². The molecule has 3 heterocycles. The lowest BCUT2D eigenvalue weighted by Gasteiger charge is -2.25. The van der Waals surface area contributed by atoms with Crippen LogP contribution in [0.2, 0.25) is 0 Å². The molecule has 9 heteroatoms. The van der Waals surface area contributed by atoms with Gasteiger partial charge in [0.25, 0.3) is 5.56 Å². The van der Waals surface area contributed by atoms with Gasteiger partial charge in [0.15, 0.2) is 4.80 Å². The molecular formula is C33H36N4O4S. The zero-order valence-electron chi connectivity index (χ0n) is 25.3. The topological polar surface area (TPSA) is 78.1 Å². The average Bonchev–Trinajstić information content (AvgIpc) is 3.40. The second kappa shape index (κ2) is 11.5. The number of methoxy groups -OCH3 is 1. The Bertz CT molecular complexity index is 1870. The Kier molecular flexibility index (Phi) is 7.97. The van der Waals surface area contributed by atoms with Gasteiger partial charge in [0.2, 0.25) is 0 Å². The van der Waals surface area contributed by atoms with Crippen molar-refractivity contribution in [3.8, 4) is 11.4 Å². The lowest BCUT2D eigenvalue weighted by Crippen LogP contribution is -2.40. The molecule has 0 bridgehead atoms. The van der Waals surface area contributed by atoms with Gasteiger partial charge < -0.3 is 18.9 Å². The first kappa shape index (κ1) is 29.1. The fourth-order valence-corrected chi connectivity index (χ4v) is 6.40. The number of nitrogens with zero attached hydrogens (tertiary/aromatic N) is 4. The molecule has 4 aromatic rings. The first-order chi connectivity index (χ1) is 20.0. The van der Waals surface area contributed by atoms with Crippen LogP contribution in [0.5, 0.6) is 5.75 Å². The standard InChI is InChI=1S/C33H36N4O4S/c1-19(2)41-32(39)29-21(4)34-33-37(30(29)23-10-9-11-27(17-23)40-8)31(38)28(42-33)18-24-16-20(3)36(22(24)5)26-14-12-25(13-15-26)35(6)7/h9-19,30H,1-8H3/b28-18-/t30-/m1/s1. The van der Waals surface area contributed by atoms with Gasteiger partial charge in [-0.3, -0.25) is 9.36 Å². The van der Waals surface area contributed by atoms with E-state index < -0.39 is 12.0 Å². The molecule has 1 aliphatic heterocycles. The third-order valence-electron chi connectivity index (χ3n) is 7.38. The number of aryl methyl sites for hydroxylation is 1. The molecule has 0 fully saturated rings. The van der Waals surface area contributed by atoms with Crippen LogP contribution < -0.4 is 24.5 Å². The van der Waals surface area contributed by atoms with Gasteiger partial charge in [0, 0.05) is 36.9 Å². The summed E-state index contributed by atoms with van der Waals surface area (Å²) in [7, 11) is 5.63. The van der Waals surface area contributed by atoms with Crippen molar-refractivity contribution in [2.24, 2.45) is 4.99 Å². The number of ether oxygens (including phenoxy) is 2. The Morgan fingerprint density at radius 3 is 2.43 bits per heavy atom. The molecule has 1 atom stereocenters. The van der Waals surface area contributed by atoms with Gasteiger partial charge in [-0.2, -0.15) is 0 Å². The molecule has 0 saturated carbocycles. The van der Waals surface area contributed by atoms with E-state index in [-0.39, 0.29) is 11.7 Å². The number of esters is 1. The van der Waals surface area contributed by atoms with E-state index >= 15 is 0 Å². The van der Waals surface area contributed by atoms with E-state index in [1.54, 1.807) is 32.4 Å². The SMILES string of the molecule is COc1cccc([C@@H]2C(C(=O)OC(C)C)=C(C)N=c3s/c(=C\c4cc(C)n(-c5ccc(N(C)C)cc5)c4C)c(=O)n32)c1. The summed E-state index contributed by atoms with van der Waals surface area (Å²) in [6, 6.07) is 17.2. The molecule has 1 aliphatic rings. The molecule has 0 amide bonds. The average molecular weight is 585 g/mol. The summed E-state index contributed by atoms with van der Waals surface area (Å²) in [5.41, 5.74) is 6.61. The molecule has 2 aromatic carbocycles. The van der Waals surface area contributed by atoms with Crippen LogP contribution in [0.1, 0.15) is 49.3 Å². The minimum absolute atomic E-state index is 0.214. The minimum atomic E-state index is -0.701. The molecular weight excluding hydrogens is 548 g/mol. The van der Waals surface area contributed by atoms with Crippen LogP contribution >= 0.6 is 11.3 Å². The Morgan fingerprint density at radius 1 is 1.07 bits per heavy atom. The normalized spacial score (nSPS) is 15.1. The smallest absolute Gasteiger partial charge is 0.338 e. The fraction of sp³-hybridized carbons (Fsp3) is 0.303. The summed E-state index contributed by atoms with van der Waals surface area (Å²) in [4.78, 5) is 34.8. The summed E-state index contributed by atoms with van der Waals surface area (Å²) in [6.45, 7) is 9.51. The predicted octanol–water partition coefficient (Wildman–Crippen LogP) is 4.67. The van der Waals surface area contributed by atoms with E-state index in [2.05, 4.69) is 53.6 Å². The predicted molar refractivity (Wildman–Crippen MR) is 168 cm³/mol. The summed E-state index contributed by atoms with van der Waals surface area (Å²) in [6.07, 6.45) is 1.60. The molecule has 8 nitrogen and oxygen atoms in total. The van der Waals surface area contributed by atoms with E-state index in [0.717, 1.165) is 33.9 Å². The quantitative estimate of drug-likeness (QED) is 0.295. The highest BCUT2D eigenvalue weighted by Gasteiger charge is 2.34. The van der Waals surface area contributed by atoms with Gasteiger partial charge in [-0.1, -0.05) is 23.5 Å². The van der Waals surface area contributed by atoms with Crippen molar-refractivity contribution < 1.29 is 14.3 Å². The third-order valence-corrected chi connectivity index (χ3v) is 8.36. The molecule has 5 rings (SSSR count). The van der Waals surface area contributed by atoms with Gasteiger partial charge in [0.05, 0.1) is 35.1 Å². The van der Waals surface area contributed by atoms with Crippen molar-refractivity contribution in [3.63, 3.8) is 0 Å². The van der Waals surface area contributed by atoms with Crippen LogP contribution in [0.15, 0.2) is 75.7 Å². The number of fused-ring (bicyclic) bond motifs is 1. The zero-order chi connectivity index (χ0) is 30.3. The van der Waals surface area contributed by atoms with Crippen molar-refractivity contribution in [2.45, 2.75) is 46.8 Å². The molecule has 2 aromatic heterocycles. The van der Waals surface area contributed by atoms with E-state index in [1.807, 2.05) is 44.4 Å². The fourth-order valence-electron chi connectivity index (χ4n) is 5.36. The third kappa shape index (κ3) is 5.32. The number of hydrogen-bond donors (Lipinski definition) is 0. The number of anilines is 1. The Balaban J connectivity index is 1.66. The van der Waals surface area contributed by atoms with Crippen LogP contribution in [0.3, 0.4) is 0 Å². The maximum atomic E-state index is 14.1. The number of thiazole rings is 1. The molecule has 218 valence electrons. The van der Waals surface area contributed by atoms with E-state index in [4.69, 9.17) is 14.5 Å². The zero-order valence-corrected chi connectivity index (χ0v) is 26.1. The summed E-state index contributed by atoms with van der Waals surface area (Å²) < 4.78 is 15.4. The van der Waals surface area contributed by atoms with Crippen LogP contribution in [-0.4, -0.2) is 42.4 Å². The van der Waals surface area contributed by atoms with Crippen molar-refractivity contribution in [3.05, 3.63) is 108 Å². The van der Waals surface area contributed by atoms with Crippen molar-refractivity contribution >= 4 is 29.1 Å². The molecule has 0 radical (unpaired) electrons. The highest BCUT2D eigenvalue weighted by Crippen LogP contribution is 2.32. The number of rotatable bonds is 7. The minimum Gasteiger partial charge on any atom is -0.497 e. The number of hydrogen-bond acceptors (Lipinski definition) is 7. The summed E-state index contributed by atoms with van der Waals surface area (Å²) in [5, 5.41) is 0. The lowest BCUT2D eigenvalue weighted by atomic mass is 9.95. The first-order valence-electron chi connectivity index (χ1n) is 13.8. The van der Waals surface area contributed by atoms with Crippen molar-refractivity contribution in [1.29, 1.82) is 0 Å². The highest BCUT2D eigenvalue weighted by molar-refractivity contribution is 7.07. The number of benzene rings is 2. The van der Waals surface area contributed by atoms with E-state index in [0.29, 0.717) is 26.4 Å². The largest absolute Gasteiger partial charge is 0.497 e. The molecule has 0 N–H and O–H groups in total. The van der Waals surface area contributed by atoms with Gasteiger partial charge in [0.1, 0.15) is 5.75 Å². The molecule has 0 saturated heterocycles. The van der Waals surface area contributed by atoms with Gasteiger partial charge in [-0.25, -0.2) is 9.79 Å². The molecule has 42 heavy (non-hydrogen) atoms. The van der Waals surface area contributed by atoms with E-state index in [1.165, 1.54) is 11.3 Å². The Labute approximate surface area is 249 Å². The summed E-state index contributed by atoms with van der Waals surface area (Å²) in [5.74, 6) is 0.143.